The van der Waals surface area contributed by atoms with Gasteiger partial charge in [0.05, 0.1) is 0 Å². The van der Waals surface area contributed by atoms with Crippen LogP contribution in [0, 0.1) is 5.41 Å². The molecule has 0 amide bonds. The highest BCUT2D eigenvalue weighted by Crippen LogP contribution is 2.18. The lowest BCUT2D eigenvalue weighted by Gasteiger charge is -2.16. The van der Waals surface area contributed by atoms with Crippen LogP contribution in [0.3, 0.4) is 0 Å². The van der Waals surface area contributed by atoms with Gasteiger partial charge in [0, 0.05) is 11.8 Å². The van der Waals surface area contributed by atoms with Crippen molar-refractivity contribution in [3.8, 4) is 0 Å². The number of carbonyl (C=O) groups excluding carboxylic acids is 1. The highest BCUT2D eigenvalue weighted by Gasteiger charge is 2.22. The lowest BCUT2D eigenvalue weighted by atomic mass is 9.88. The van der Waals surface area contributed by atoms with E-state index >= 15 is 0 Å². The summed E-state index contributed by atoms with van der Waals surface area (Å²) in [6, 6.07) is 0. The molecule has 0 aromatic rings. The van der Waals surface area contributed by atoms with Crippen molar-refractivity contribution in [2.75, 3.05) is 0 Å². The first-order valence-corrected chi connectivity index (χ1v) is 3.51. The molecule has 0 N–H and O–H groups in total. The predicted molar refractivity (Wildman–Crippen MR) is 39.6 cm³/mol. The Kier molecular flexibility index (Phi) is 3.00. The molecular weight excluding hydrogens is 131 g/mol. The molecule has 1 atom stereocenters. The summed E-state index contributed by atoms with van der Waals surface area (Å²) in [5.74, 6) is -0.0116. The summed E-state index contributed by atoms with van der Waals surface area (Å²) in [6.45, 7) is 6.82. The number of alkyl halides is 1. The average Bonchev–Trinajstić information content (AvgIpc) is 1.60. The molecule has 0 heterocycles. The van der Waals surface area contributed by atoms with Crippen LogP contribution in [-0.4, -0.2) is 12.0 Å². The van der Waals surface area contributed by atoms with E-state index in [4.69, 9.17) is 0 Å². The van der Waals surface area contributed by atoms with E-state index in [1.165, 1.54) is 6.92 Å². The van der Waals surface area contributed by atoms with Crippen molar-refractivity contribution in [3.63, 3.8) is 0 Å². The van der Waals surface area contributed by atoms with E-state index in [9.17, 15) is 9.18 Å². The largest absolute Gasteiger partial charge is 0.299 e. The van der Waals surface area contributed by atoms with Crippen molar-refractivity contribution in [1.82, 2.24) is 0 Å². The molecule has 0 aliphatic carbocycles. The Morgan fingerprint density at radius 1 is 1.50 bits per heavy atom. The van der Waals surface area contributed by atoms with Gasteiger partial charge in [-0.1, -0.05) is 20.8 Å². The minimum Gasteiger partial charge on any atom is -0.299 e. The van der Waals surface area contributed by atoms with E-state index in [-0.39, 0.29) is 17.6 Å². The normalized spacial score (nSPS) is 14.9. The molecule has 0 radical (unpaired) electrons. The Morgan fingerprint density at radius 2 is 1.90 bits per heavy atom. The first kappa shape index (κ1) is 9.60. The minimum atomic E-state index is -1.01. The van der Waals surface area contributed by atoms with E-state index in [1.54, 1.807) is 20.8 Å². The Balaban J connectivity index is 3.87. The molecule has 10 heavy (non-hydrogen) atoms. The maximum Gasteiger partial charge on any atom is 0.141 e. The predicted octanol–water partition coefficient (Wildman–Crippen LogP) is 2.35. The molecule has 0 bridgehead atoms. The molecule has 0 aliphatic rings. The summed E-state index contributed by atoms with van der Waals surface area (Å²) in [6.07, 6.45) is -0.963. The third kappa shape index (κ3) is 3.59. The maximum atomic E-state index is 12.3. The van der Waals surface area contributed by atoms with E-state index in [2.05, 4.69) is 0 Å². The van der Waals surface area contributed by atoms with Crippen molar-refractivity contribution in [1.29, 1.82) is 0 Å². The minimum absolute atomic E-state index is 0.0116. The Bertz CT molecular complexity index is 122. The number of hydrogen-bond acceptors (Lipinski definition) is 1. The van der Waals surface area contributed by atoms with Crippen molar-refractivity contribution < 1.29 is 9.18 Å². The molecule has 0 spiro atoms. The van der Waals surface area contributed by atoms with Crippen molar-refractivity contribution in [2.24, 2.45) is 5.41 Å². The molecule has 0 saturated carbocycles. The second kappa shape index (κ2) is 3.13. The van der Waals surface area contributed by atoms with Gasteiger partial charge in [0.15, 0.2) is 0 Å². The van der Waals surface area contributed by atoms with E-state index in [0.717, 1.165) is 0 Å². The van der Waals surface area contributed by atoms with Crippen LogP contribution < -0.4 is 0 Å². The second-order valence-corrected chi connectivity index (χ2v) is 3.66. The Morgan fingerprint density at radius 3 is 2.00 bits per heavy atom. The van der Waals surface area contributed by atoms with Gasteiger partial charge in [0.25, 0.3) is 0 Å². The average molecular weight is 146 g/mol. The number of carbonyl (C=O) groups is 1. The first-order chi connectivity index (χ1) is 4.34. The fourth-order valence-corrected chi connectivity index (χ4v) is 0.562. The number of ketones is 1. The molecule has 0 fully saturated rings. The number of rotatable bonds is 2. The van der Waals surface area contributed by atoms with Crippen molar-refractivity contribution in [2.45, 2.75) is 40.3 Å². The summed E-state index contributed by atoms with van der Waals surface area (Å²) in [5, 5.41) is 0. The van der Waals surface area contributed by atoms with Crippen LogP contribution in [-0.2, 0) is 4.79 Å². The Labute approximate surface area is 61.6 Å². The lowest BCUT2D eigenvalue weighted by Crippen LogP contribution is -2.22. The molecule has 2 heteroatoms. The van der Waals surface area contributed by atoms with Gasteiger partial charge in [-0.3, -0.25) is 4.79 Å². The van der Waals surface area contributed by atoms with Gasteiger partial charge in [-0.05, 0) is 6.92 Å². The topological polar surface area (TPSA) is 17.1 Å². The van der Waals surface area contributed by atoms with Crippen LogP contribution in [0.25, 0.3) is 0 Å². The highest BCUT2D eigenvalue weighted by molar-refractivity contribution is 5.83. The SMILES string of the molecule is CC(F)CC(=O)C(C)(C)C. The van der Waals surface area contributed by atoms with Gasteiger partial charge in [-0.2, -0.15) is 0 Å². The van der Waals surface area contributed by atoms with E-state index in [1.807, 2.05) is 0 Å². The first-order valence-electron chi connectivity index (χ1n) is 3.51. The maximum absolute atomic E-state index is 12.3. The van der Waals surface area contributed by atoms with Crippen LogP contribution in [0.15, 0.2) is 0 Å². The van der Waals surface area contributed by atoms with Crippen LogP contribution in [0.5, 0.6) is 0 Å². The number of hydrogen-bond donors (Lipinski definition) is 0. The standard InChI is InChI=1S/C8H15FO/c1-6(9)5-7(10)8(2,3)4/h6H,5H2,1-4H3. The molecule has 0 rings (SSSR count). The molecule has 60 valence electrons. The van der Waals surface area contributed by atoms with Gasteiger partial charge in [0.1, 0.15) is 12.0 Å². The van der Waals surface area contributed by atoms with Crippen LogP contribution in [0.4, 0.5) is 4.39 Å². The molecule has 0 aromatic carbocycles. The summed E-state index contributed by atoms with van der Waals surface area (Å²) < 4.78 is 12.3. The van der Waals surface area contributed by atoms with Gasteiger partial charge in [-0.15, -0.1) is 0 Å². The summed E-state index contributed by atoms with van der Waals surface area (Å²) in [4.78, 5) is 11.0. The highest BCUT2D eigenvalue weighted by atomic mass is 19.1. The van der Waals surface area contributed by atoms with Crippen molar-refractivity contribution >= 4 is 5.78 Å². The lowest BCUT2D eigenvalue weighted by molar-refractivity contribution is -0.127. The summed E-state index contributed by atoms with van der Waals surface area (Å²) in [5.41, 5.74) is -0.389. The molecular formula is C8H15FO. The molecule has 1 nitrogen and oxygen atoms in total. The zero-order chi connectivity index (χ0) is 8.36. The number of halogens is 1. The van der Waals surface area contributed by atoms with E-state index < -0.39 is 6.17 Å². The quantitative estimate of drug-likeness (QED) is 0.584. The molecule has 0 saturated heterocycles. The third-order valence-electron chi connectivity index (χ3n) is 1.30. The monoisotopic (exact) mass is 146 g/mol. The Hall–Kier alpha value is -0.400. The van der Waals surface area contributed by atoms with Gasteiger partial charge in [-0.25, -0.2) is 4.39 Å². The van der Waals surface area contributed by atoms with Crippen LogP contribution >= 0.6 is 0 Å². The zero-order valence-electron chi connectivity index (χ0n) is 7.07. The van der Waals surface area contributed by atoms with Crippen LogP contribution in [0.2, 0.25) is 0 Å². The summed E-state index contributed by atoms with van der Waals surface area (Å²) in [7, 11) is 0. The summed E-state index contributed by atoms with van der Waals surface area (Å²) >= 11 is 0. The molecule has 0 aromatic heterocycles. The fourth-order valence-electron chi connectivity index (χ4n) is 0.562. The van der Waals surface area contributed by atoms with Crippen molar-refractivity contribution in [3.05, 3.63) is 0 Å². The fraction of sp³-hybridized carbons (Fsp3) is 0.875. The van der Waals surface area contributed by atoms with E-state index in [0.29, 0.717) is 0 Å². The zero-order valence-corrected chi connectivity index (χ0v) is 7.07. The molecule has 0 aliphatic heterocycles. The second-order valence-electron chi connectivity index (χ2n) is 3.66. The molecule has 1 unspecified atom stereocenters. The third-order valence-corrected chi connectivity index (χ3v) is 1.30. The van der Waals surface area contributed by atoms with Gasteiger partial charge in [0.2, 0.25) is 0 Å². The van der Waals surface area contributed by atoms with Gasteiger partial charge < -0.3 is 0 Å². The van der Waals surface area contributed by atoms with Crippen LogP contribution in [0.1, 0.15) is 34.1 Å². The van der Waals surface area contributed by atoms with Gasteiger partial charge >= 0.3 is 0 Å². The smallest absolute Gasteiger partial charge is 0.141 e. The number of Topliss-reactive ketones (excluding diaryl/α,β-unsaturated/α-hetero) is 1.